The van der Waals surface area contributed by atoms with Crippen LogP contribution in [0.3, 0.4) is 0 Å². The highest BCUT2D eigenvalue weighted by molar-refractivity contribution is 5.98. The van der Waals surface area contributed by atoms with Crippen LogP contribution in [-0.4, -0.2) is 11.1 Å². The Bertz CT molecular complexity index is 826. The Labute approximate surface area is 136 Å². The molecule has 0 saturated heterocycles. The van der Waals surface area contributed by atoms with Crippen LogP contribution in [0.1, 0.15) is 31.2 Å². The number of hydrogen-bond acceptors (Lipinski definition) is 1. The SMILES string of the molecule is C#CCCCCC#C/C(=C\c1ccc2ccccc2c1)C(=O)O. The van der Waals surface area contributed by atoms with Gasteiger partial charge in [-0.15, -0.1) is 12.3 Å². The fraction of sp³-hybridized carbons (Fsp3) is 0.190. The van der Waals surface area contributed by atoms with Crippen molar-refractivity contribution in [1.29, 1.82) is 0 Å². The van der Waals surface area contributed by atoms with Crippen molar-refractivity contribution in [2.24, 2.45) is 0 Å². The summed E-state index contributed by atoms with van der Waals surface area (Å²) in [5, 5.41) is 11.5. The molecule has 0 aliphatic carbocycles. The molecule has 0 fully saturated rings. The Morgan fingerprint density at radius 2 is 1.83 bits per heavy atom. The van der Waals surface area contributed by atoms with E-state index in [-0.39, 0.29) is 5.57 Å². The van der Waals surface area contributed by atoms with Crippen LogP contribution < -0.4 is 0 Å². The molecule has 114 valence electrons. The van der Waals surface area contributed by atoms with Crippen molar-refractivity contribution < 1.29 is 9.90 Å². The lowest BCUT2D eigenvalue weighted by atomic mass is 10.0. The molecular weight excluding hydrogens is 284 g/mol. The molecule has 2 heteroatoms. The van der Waals surface area contributed by atoms with Crippen molar-refractivity contribution >= 4 is 22.8 Å². The molecule has 0 aliphatic rings. The van der Waals surface area contributed by atoms with Crippen molar-refractivity contribution in [2.75, 3.05) is 0 Å². The Balaban J connectivity index is 2.15. The Morgan fingerprint density at radius 3 is 2.57 bits per heavy atom. The van der Waals surface area contributed by atoms with E-state index < -0.39 is 5.97 Å². The number of unbranched alkanes of at least 4 members (excludes halogenated alkanes) is 3. The predicted molar refractivity (Wildman–Crippen MR) is 94.6 cm³/mol. The molecule has 0 unspecified atom stereocenters. The minimum Gasteiger partial charge on any atom is -0.477 e. The molecule has 0 heterocycles. The molecule has 0 saturated carbocycles. The first-order valence-electron chi connectivity index (χ1n) is 7.57. The van der Waals surface area contributed by atoms with Crippen molar-refractivity contribution in [1.82, 2.24) is 0 Å². The molecule has 0 amide bonds. The first kappa shape index (κ1) is 16.4. The summed E-state index contributed by atoms with van der Waals surface area (Å²) in [5.74, 6) is 7.24. The number of carbonyl (C=O) groups is 1. The van der Waals surface area contributed by atoms with Crippen LogP contribution in [-0.2, 0) is 4.79 Å². The van der Waals surface area contributed by atoms with Gasteiger partial charge in [-0.1, -0.05) is 48.2 Å². The van der Waals surface area contributed by atoms with E-state index in [0.717, 1.165) is 35.6 Å². The second kappa shape index (κ2) is 8.47. The standard InChI is InChI=1S/C21H18O2/c1-2-3-4-5-6-7-12-20(21(22)23)16-17-13-14-18-10-8-9-11-19(18)15-17/h1,8-11,13-16H,3-6H2,(H,22,23)/b20-16+. The van der Waals surface area contributed by atoms with Crippen molar-refractivity contribution in [3.63, 3.8) is 0 Å². The summed E-state index contributed by atoms with van der Waals surface area (Å²) < 4.78 is 0. The van der Waals surface area contributed by atoms with E-state index in [0.29, 0.717) is 6.42 Å². The van der Waals surface area contributed by atoms with Gasteiger partial charge in [0.05, 0.1) is 0 Å². The molecule has 0 aromatic heterocycles. The first-order valence-corrected chi connectivity index (χ1v) is 7.57. The van der Waals surface area contributed by atoms with Gasteiger partial charge < -0.3 is 5.11 Å². The lowest BCUT2D eigenvalue weighted by Crippen LogP contribution is -1.97. The second-order valence-corrected chi connectivity index (χ2v) is 5.18. The van der Waals surface area contributed by atoms with Crippen LogP contribution in [0.25, 0.3) is 16.8 Å². The zero-order valence-corrected chi connectivity index (χ0v) is 12.9. The lowest BCUT2D eigenvalue weighted by Gasteiger charge is -2.00. The molecule has 2 aromatic carbocycles. The number of carboxylic acids is 1. The van der Waals surface area contributed by atoms with Crippen LogP contribution in [0.2, 0.25) is 0 Å². The molecule has 2 nitrogen and oxygen atoms in total. The first-order chi connectivity index (χ1) is 11.2. The maximum atomic E-state index is 11.3. The molecular formula is C21H18O2. The molecule has 0 atom stereocenters. The minimum atomic E-state index is -1.01. The van der Waals surface area contributed by atoms with Gasteiger partial charge in [0.1, 0.15) is 5.57 Å². The molecule has 0 radical (unpaired) electrons. The summed E-state index contributed by atoms with van der Waals surface area (Å²) in [4.78, 5) is 11.3. The number of terminal acetylenes is 1. The van der Waals surface area contributed by atoms with Gasteiger partial charge in [0.15, 0.2) is 0 Å². The zero-order chi connectivity index (χ0) is 16.5. The van der Waals surface area contributed by atoms with Gasteiger partial charge in [0, 0.05) is 12.8 Å². The molecule has 0 spiro atoms. The zero-order valence-electron chi connectivity index (χ0n) is 12.9. The Kier molecular flexibility index (Phi) is 6.04. The van der Waals surface area contributed by atoms with E-state index in [2.05, 4.69) is 17.8 Å². The highest BCUT2D eigenvalue weighted by Crippen LogP contribution is 2.17. The third-order valence-electron chi connectivity index (χ3n) is 3.41. The number of hydrogen-bond donors (Lipinski definition) is 1. The number of carboxylic acid groups (broad SMARTS) is 1. The smallest absolute Gasteiger partial charge is 0.344 e. The van der Waals surface area contributed by atoms with Gasteiger partial charge in [0.2, 0.25) is 0 Å². The number of fused-ring (bicyclic) bond motifs is 1. The van der Waals surface area contributed by atoms with Gasteiger partial charge in [-0.25, -0.2) is 4.79 Å². The van der Waals surface area contributed by atoms with E-state index in [4.69, 9.17) is 6.42 Å². The van der Waals surface area contributed by atoms with Gasteiger partial charge in [-0.2, -0.15) is 0 Å². The highest BCUT2D eigenvalue weighted by atomic mass is 16.4. The van der Waals surface area contributed by atoms with Gasteiger partial charge >= 0.3 is 5.97 Å². The van der Waals surface area contributed by atoms with Crippen LogP contribution in [0.4, 0.5) is 0 Å². The molecule has 1 N–H and O–H groups in total. The Morgan fingerprint density at radius 1 is 1.09 bits per heavy atom. The number of rotatable bonds is 5. The van der Waals surface area contributed by atoms with E-state index >= 15 is 0 Å². The largest absolute Gasteiger partial charge is 0.477 e. The van der Waals surface area contributed by atoms with Gasteiger partial charge in [-0.05, 0) is 41.3 Å². The highest BCUT2D eigenvalue weighted by Gasteiger charge is 2.04. The summed E-state index contributed by atoms with van der Waals surface area (Å²) in [6, 6.07) is 13.8. The van der Waals surface area contributed by atoms with E-state index in [1.807, 2.05) is 42.5 Å². The average Bonchev–Trinajstić information content (AvgIpc) is 2.56. The van der Waals surface area contributed by atoms with Crippen molar-refractivity contribution in [2.45, 2.75) is 25.7 Å². The normalized spacial score (nSPS) is 10.7. The molecule has 0 bridgehead atoms. The van der Waals surface area contributed by atoms with Crippen LogP contribution in [0, 0.1) is 24.2 Å². The third kappa shape index (κ3) is 5.06. The Hall–Kier alpha value is -2.97. The lowest BCUT2D eigenvalue weighted by molar-refractivity contribution is -0.132. The summed E-state index contributed by atoms with van der Waals surface area (Å²) in [6.45, 7) is 0. The molecule has 2 rings (SSSR count). The molecule has 2 aromatic rings. The minimum absolute atomic E-state index is 0.109. The number of aliphatic carboxylic acids is 1. The van der Waals surface area contributed by atoms with Crippen molar-refractivity contribution in [3.8, 4) is 24.2 Å². The van der Waals surface area contributed by atoms with E-state index in [1.165, 1.54) is 0 Å². The van der Waals surface area contributed by atoms with Gasteiger partial charge in [0.25, 0.3) is 0 Å². The summed E-state index contributed by atoms with van der Waals surface area (Å²) in [6.07, 6.45) is 10.00. The van der Waals surface area contributed by atoms with Crippen LogP contribution >= 0.6 is 0 Å². The fourth-order valence-electron chi connectivity index (χ4n) is 2.21. The number of benzene rings is 2. The van der Waals surface area contributed by atoms with Gasteiger partial charge in [-0.3, -0.25) is 0 Å². The second-order valence-electron chi connectivity index (χ2n) is 5.18. The van der Waals surface area contributed by atoms with E-state index in [1.54, 1.807) is 6.08 Å². The average molecular weight is 302 g/mol. The van der Waals surface area contributed by atoms with Crippen molar-refractivity contribution in [3.05, 3.63) is 53.6 Å². The third-order valence-corrected chi connectivity index (χ3v) is 3.41. The monoisotopic (exact) mass is 302 g/mol. The van der Waals surface area contributed by atoms with Crippen LogP contribution in [0.15, 0.2) is 48.0 Å². The molecule has 23 heavy (non-hydrogen) atoms. The molecule has 0 aliphatic heterocycles. The summed E-state index contributed by atoms with van der Waals surface area (Å²) in [7, 11) is 0. The topological polar surface area (TPSA) is 37.3 Å². The fourth-order valence-corrected chi connectivity index (χ4v) is 2.21. The van der Waals surface area contributed by atoms with E-state index in [9.17, 15) is 9.90 Å². The maximum Gasteiger partial charge on any atom is 0.344 e. The maximum absolute atomic E-state index is 11.3. The van der Waals surface area contributed by atoms with Crippen LogP contribution in [0.5, 0.6) is 0 Å². The quantitative estimate of drug-likeness (QED) is 0.501. The summed E-state index contributed by atoms with van der Waals surface area (Å²) in [5.41, 5.74) is 0.944. The summed E-state index contributed by atoms with van der Waals surface area (Å²) >= 11 is 0. The predicted octanol–water partition coefficient (Wildman–Crippen LogP) is 4.50.